The smallest absolute Gasteiger partial charge is 0.338 e. The Hall–Kier alpha value is -3.19. The van der Waals surface area contributed by atoms with Crippen molar-refractivity contribution < 1.29 is 14.3 Å². The van der Waals surface area contributed by atoms with Gasteiger partial charge in [0.25, 0.3) is 5.91 Å². The number of hydrogen-bond acceptors (Lipinski definition) is 4. The lowest BCUT2D eigenvalue weighted by atomic mass is 9.95. The van der Waals surface area contributed by atoms with Crippen LogP contribution in [0.25, 0.3) is 0 Å². The summed E-state index contributed by atoms with van der Waals surface area (Å²) in [7, 11) is 1.81. The minimum Gasteiger partial charge on any atom is -0.463 e. The van der Waals surface area contributed by atoms with E-state index in [2.05, 4.69) is 10.6 Å². The van der Waals surface area contributed by atoms with E-state index in [1.807, 2.05) is 57.3 Å². The summed E-state index contributed by atoms with van der Waals surface area (Å²) in [5, 5.41) is 6.62. The van der Waals surface area contributed by atoms with E-state index < -0.39 is 6.04 Å². The lowest BCUT2D eigenvalue weighted by molar-refractivity contribution is -0.139. The molecule has 1 aliphatic rings. The predicted octanol–water partition coefficient (Wildman–Crippen LogP) is 3.95. The van der Waals surface area contributed by atoms with Crippen LogP contribution < -0.4 is 10.6 Å². The predicted molar refractivity (Wildman–Crippen MR) is 121 cm³/mol. The Labute approximate surface area is 181 Å². The van der Waals surface area contributed by atoms with Gasteiger partial charge in [-0.3, -0.25) is 4.79 Å². The number of nitrogens with one attached hydrogen (secondary N) is 2. The first-order valence-electron chi connectivity index (χ1n) is 9.72. The van der Waals surface area contributed by atoms with Crippen LogP contribution in [-0.2, 0) is 9.53 Å². The fourth-order valence-electron chi connectivity index (χ4n) is 3.23. The number of allylic oxidation sites excluding steroid dienone is 1. The van der Waals surface area contributed by atoms with Crippen LogP contribution in [0.5, 0.6) is 0 Å². The zero-order valence-electron chi connectivity index (χ0n) is 17.5. The monoisotopic (exact) mass is 423 g/mol. The number of aryl methyl sites for hydroxylation is 1. The van der Waals surface area contributed by atoms with Gasteiger partial charge < -0.3 is 20.3 Å². The van der Waals surface area contributed by atoms with Crippen molar-refractivity contribution in [2.75, 3.05) is 19.0 Å². The van der Waals surface area contributed by atoms with Crippen molar-refractivity contribution in [2.24, 2.45) is 0 Å². The highest BCUT2D eigenvalue weighted by atomic mass is 32.1. The van der Waals surface area contributed by atoms with Gasteiger partial charge in [0.1, 0.15) is 0 Å². The number of carbonyl (C=O) groups is 2. The molecule has 156 valence electrons. The van der Waals surface area contributed by atoms with Crippen molar-refractivity contribution in [3.63, 3.8) is 0 Å². The first-order chi connectivity index (χ1) is 14.3. The average Bonchev–Trinajstić information content (AvgIpc) is 2.73. The molecule has 0 saturated heterocycles. The summed E-state index contributed by atoms with van der Waals surface area (Å²) in [5.74, 6) is -0.553. The fraction of sp³-hybridized carbons (Fsp3) is 0.261. The topological polar surface area (TPSA) is 70.7 Å². The molecule has 7 heteroatoms. The number of hydrogen-bond donors (Lipinski definition) is 2. The Morgan fingerprint density at radius 1 is 1.10 bits per heavy atom. The molecule has 1 amide bonds. The van der Waals surface area contributed by atoms with Crippen LogP contribution in [0.4, 0.5) is 5.69 Å². The lowest BCUT2D eigenvalue weighted by Gasteiger charge is -2.35. The Morgan fingerprint density at radius 2 is 1.73 bits per heavy atom. The molecule has 0 aromatic heterocycles. The molecule has 0 spiro atoms. The third-order valence-electron chi connectivity index (χ3n) is 5.07. The second-order valence-electron chi connectivity index (χ2n) is 7.10. The SMILES string of the molecule is CCOC(=O)C1=C(C)N(C)C(=S)NC1c1ccc(NC(=O)c2ccc(C)cc2)cc1. The van der Waals surface area contributed by atoms with Crippen molar-refractivity contribution in [1.29, 1.82) is 0 Å². The lowest BCUT2D eigenvalue weighted by Crippen LogP contribution is -2.46. The molecule has 6 nitrogen and oxygen atoms in total. The average molecular weight is 424 g/mol. The quantitative estimate of drug-likeness (QED) is 0.561. The van der Waals surface area contributed by atoms with Gasteiger partial charge in [-0.15, -0.1) is 0 Å². The molecule has 1 atom stereocenters. The van der Waals surface area contributed by atoms with Gasteiger partial charge in [0.15, 0.2) is 5.11 Å². The van der Waals surface area contributed by atoms with E-state index in [4.69, 9.17) is 17.0 Å². The Kier molecular flexibility index (Phi) is 6.52. The standard InChI is InChI=1S/C23H25N3O3S/c1-5-29-22(28)19-15(3)26(4)23(30)25-20(19)16-10-12-18(13-11-16)24-21(27)17-8-6-14(2)7-9-17/h6-13,20H,5H2,1-4H3,(H,24,27)(H,25,30). The molecule has 2 aromatic rings. The summed E-state index contributed by atoms with van der Waals surface area (Å²) in [4.78, 5) is 26.8. The number of benzene rings is 2. The van der Waals surface area contributed by atoms with Crippen LogP contribution in [0, 0.1) is 6.92 Å². The minimum atomic E-state index is -0.422. The molecule has 1 aliphatic heterocycles. The zero-order valence-corrected chi connectivity index (χ0v) is 18.3. The molecule has 0 fully saturated rings. The zero-order chi connectivity index (χ0) is 21.8. The number of nitrogens with zero attached hydrogens (tertiary/aromatic N) is 1. The number of rotatable bonds is 5. The molecule has 1 heterocycles. The maximum absolute atomic E-state index is 12.6. The van der Waals surface area contributed by atoms with E-state index in [9.17, 15) is 9.59 Å². The van der Waals surface area contributed by atoms with Crippen molar-refractivity contribution >= 4 is 34.9 Å². The summed E-state index contributed by atoms with van der Waals surface area (Å²) in [6.07, 6.45) is 0. The van der Waals surface area contributed by atoms with E-state index in [-0.39, 0.29) is 11.9 Å². The van der Waals surface area contributed by atoms with Crippen LogP contribution in [0.2, 0.25) is 0 Å². The largest absolute Gasteiger partial charge is 0.463 e. The molecule has 2 N–H and O–H groups in total. The van der Waals surface area contributed by atoms with Gasteiger partial charge in [0.05, 0.1) is 18.2 Å². The van der Waals surface area contributed by atoms with Crippen LogP contribution >= 0.6 is 12.2 Å². The summed E-state index contributed by atoms with van der Waals surface area (Å²) < 4.78 is 5.26. The number of thiocarbonyl (C=S) groups is 1. The van der Waals surface area contributed by atoms with Gasteiger partial charge in [0, 0.05) is 24.0 Å². The number of ether oxygens (including phenoxy) is 1. The molecular weight excluding hydrogens is 398 g/mol. The van der Waals surface area contributed by atoms with E-state index in [1.165, 1.54) is 0 Å². The first-order valence-corrected chi connectivity index (χ1v) is 10.1. The van der Waals surface area contributed by atoms with Gasteiger partial charge in [-0.1, -0.05) is 29.8 Å². The fourth-order valence-corrected chi connectivity index (χ4v) is 3.48. The molecule has 30 heavy (non-hydrogen) atoms. The van der Waals surface area contributed by atoms with E-state index >= 15 is 0 Å². The second-order valence-corrected chi connectivity index (χ2v) is 7.49. The Morgan fingerprint density at radius 3 is 2.33 bits per heavy atom. The maximum Gasteiger partial charge on any atom is 0.338 e. The number of carbonyl (C=O) groups excluding carboxylic acids is 2. The number of anilines is 1. The highest BCUT2D eigenvalue weighted by Gasteiger charge is 2.33. The third kappa shape index (κ3) is 4.52. The minimum absolute atomic E-state index is 0.177. The van der Waals surface area contributed by atoms with Crippen LogP contribution in [-0.4, -0.2) is 35.5 Å². The van der Waals surface area contributed by atoms with Crippen molar-refractivity contribution in [3.05, 3.63) is 76.5 Å². The van der Waals surface area contributed by atoms with E-state index in [0.29, 0.717) is 28.5 Å². The molecule has 0 radical (unpaired) electrons. The van der Waals surface area contributed by atoms with Gasteiger partial charge >= 0.3 is 5.97 Å². The molecule has 1 unspecified atom stereocenters. The van der Waals surface area contributed by atoms with Gasteiger partial charge in [-0.25, -0.2) is 4.79 Å². The molecular formula is C23H25N3O3S. The van der Waals surface area contributed by atoms with Gasteiger partial charge in [0.2, 0.25) is 0 Å². The first kappa shape index (κ1) is 21.5. The summed E-state index contributed by atoms with van der Waals surface area (Å²) in [5.41, 5.74) is 4.47. The third-order valence-corrected chi connectivity index (χ3v) is 5.46. The van der Waals surface area contributed by atoms with Gasteiger partial charge in [-0.05, 0) is 62.8 Å². The molecule has 0 bridgehead atoms. The molecule has 0 saturated carbocycles. The maximum atomic E-state index is 12.6. The van der Waals surface area contributed by atoms with E-state index in [1.54, 1.807) is 24.0 Å². The highest BCUT2D eigenvalue weighted by molar-refractivity contribution is 7.80. The van der Waals surface area contributed by atoms with Crippen molar-refractivity contribution in [1.82, 2.24) is 10.2 Å². The summed E-state index contributed by atoms with van der Waals surface area (Å²) in [6.45, 7) is 5.89. The van der Waals surface area contributed by atoms with Gasteiger partial charge in [-0.2, -0.15) is 0 Å². The summed E-state index contributed by atoms with van der Waals surface area (Å²) >= 11 is 5.40. The summed E-state index contributed by atoms with van der Waals surface area (Å²) in [6, 6.07) is 14.3. The number of amides is 1. The van der Waals surface area contributed by atoms with Crippen LogP contribution in [0.3, 0.4) is 0 Å². The molecule has 2 aromatic carbocycles. The van der Waals surface area contributed by atoms with E-state index in [0.717, 1.165) is 16.8 Å². The van der Waals surface area contributed by atoms with Crippen molar-refractivity contribution in [2.45, 2.75) is 26.8 Å². The number of esters is 1. The van der Waals surface area contributed by atoms with Crippen LogP contribution in [0.1, 0.15) is 41.4 Å². The Balaban J connectivity index is 1.83. The van der Waals surface area contributed by atoms with Crippen LogP contribution in [0.15, 0.2) is 59.8 Å². The second kappa shape index (κ2) is 9.09. The Bertz CT molecular complexity index is 997. The normalized spacial score (nSPS) is 16.2. The molecule has 3 rings (SSSR count). The molecule has 0 aliphatic carbocycles. The van der Waals surface area contributed by atoms with Crippen molar-refractivity contribution in [3.8, 4) is 0 Å². The highest BCUT2D eigenvalue weighted by Crippen LogP contribution is 2.31.